The van der Waals surface area contributed by atoms with Crippen LogP contribution in [0.25, 0.3) is 0 Å². The summed E-state index contributed by atoms with van der Waals surface area (Å²) < 4.78 is 30.6. The first-order valence-electron chi connectivity index (χ1n) is 4.96. The van der Waals surface area contributed by atoms with Gasteiger partial charge in [-0.1, -0.05) is 6.92 Å². The number of nitrogens with two attached hydrogens (primary N) is 1. The van der Waals surface area contributed by atoms with Gasteiger partial charge in [0.05, 0.1) is 7.11 Å². The smallest absolute Gasteiger partial charge is 0.421 e. The molecule has 0 bridgehead atoms. The van der Waals surface area contributed by atoms with Crippen molar-refractivity contribution in [2.75, 3.05) is 20.2 Å². The number of hydrogen-bond acceptors (Lipinski definition) is 5. The molecule has 8 heteroatoms. The molecule has 1 aliphatic rings. The van der Waals surface area contributed by atoms with Crippen LogP contribution in [0.3, 0.4) is 0 Å². The van der Waals surface area contributed by atoms with E-state index in [1.54, 1.807) is 4.72 Å². The molecular formula is C8H17N3O4S. The summed E-state index contributed by atoms with van der Waals surface area (Å²) in [5.74, 6) is 0.179. The molecule has 1 fully saturated rings. The number of methoxy groups -OCH3 is 1. The number of carbonyl (C=O) groups excluding carboxylic acids is 1. The van der Waals surface area contributed by atoms with Crippen LogP contribution < -0.4 is 10.5 Å². The molecule has 0 aromatic carbocycles. The topological polar surface area (TPSA) is 102 Å². The van der Waals surface area contributed by atoms with Crippen molar-refractivity contribution in [3.8, 4) is 0 Å². The van der Waals surface area contributed by atoms with Gasteiger partial charge in [0.15, 0.2) is 0 Å². The molecule has 2 unspecified atom stereocenters. The first kappa shape index (κ1) is 13.2. The number of hydrogen-bond donors (Lipinski definition) is 2. The SMILES string of the molecule is COC(=O)NS(=O)(=O)N1CC(C)CC(N)C1. The van der Waals surface area contributed by atoms with Gasteiger partial charge in [-0.2, -0.15) is 12.7 Å². The molecule has 1 saturated heterocycles. The van der Waals surface area contributed by atoms with E-state index in [9.17, 15) is 13.2 Å². The van der Waals surface area contributed by atoms with Gasteiger partial charge < -0.3 is 10.5 Å². The zero-order valence-corrected chi connectivity index (χ0v) is 10.2. The van der Waals surface area contributed by atoms with Gasteiger partial charge in [-0.25, -0.2) is 9.52 Å². The Morgan fingerprint density at radius 1 is 1.50 bits per heavy atom. The maximum atomic E-state index is 11.7. The molecule has 0 aromatic rings. The van der Waals surface area contributed by atoms with Crippen molar-refractivity contribution in [1.29, 1.82) is 0 Å². The Bertz CT molecular complexity index is 346. The minimum atomic E-state index is -3.83. The third-order valence-corrected chi connectivity index (χ3v) is 3.80. The predicted octanol–water partition coefficient (Wildman–Crippen LogP) is -0.744. The zero-order chi connectivity index (χ0) is 12.3. The van der Waals surface area contributed by atoms with Crippen LogP contribution in [0, 0.1) is 5.92 Å². The van der Waals surface area contributed by atoms with Crippen LogP contribution in [0.15, 0.2) is 0 Å². The van der Waals surface area contributed by atoms with E-state index in [-0.39, 0.29) is 18.5 Å². The van der Waals surface area contributed by atoms with E-state index in [0.717, 1.165) is 13.5 Å². The van der Waals surface area contributed by atoms with Gasteiger partial charge in [0.1, 0.15) is 0 Å². The molecule has 0 radical (unpaired) electrons. The van der Waals surface area contributed by atoms with Crippen LogP contribution in [0.2, 0.25) is 0 Å². The second kappa shape index (κ2) is 4.98. The van der Waals surface area contributed by atoms with Gasteiger partial charge in [0, 0.05) is 19.1 Å². The predicted molar refractivity (Wildman–Crippen MR) is 57.8 cm³/mol. The fraction of sp³-hybridized carbons (Fsp3) is 0.875. The minimum absolute atomic E-state index is 0.179. The monoisotopic (exact) mass is 251 g/mol. The zero-order valence-electron chi connectivity index (χ0n) is 9.34. The van der Waals surface area contributed by atoms with Crippen LogP contribution >= 0.6 is 0 Å². The molecule has 1 amide bonds. The summed E-state index contributed by atoms with van der Waals surface area (Å²) in [6.45, 7) is 2.50. The van der Waals surface area contributed by atoms with E-state index >= 15 is 0 Å². The molecule has 16 heavy (non-hydrogen) atoms. The van der Waals surface area contributed by atoms with E-state index in [0.29, 0.717) is 6.54 Å². The molecule has 0 aromatic heterocycles. The van der Waals surface area contributed by atoms with Crippen molar-refractivity contribution in [2.24, 2.45) is 11.7 Å². The van der Waals surface area contributed by atoms with Crippen molar-refractivity contribution in [2.45, 2.75) is 19.4 Å². The quantitative estimate of drug-likeness (QED) is 0.672. The summed E-state index contributed by atoms with van der Waals surface area (Å²) in [5, 5.41) is 0. The minimum Gasteiger partial charge on any atom is -0.452 e. The molecule has 94 valence electrons. The summed E-state index contributed by atoms with van der Waals surface area (Å²) in [4.78, 5) is 10.9. The second-order valence-corrected chi connectivity index (χ2v) is 5.69. The number of carbonyl (C=O) groups is 1. The van der Waals surface area contributed by atoms with Crippen LogP contribution in [-0.2, 0) is 14.9 Å². The molecule has 0 aliphatic carbocycles. The van der Waals surface area contributed by atoms with Crippen molar-refractivity contribution >= 4 is 16.3 Å². The van der Waals surface area contributed by atoms with E-state index in [2.05, 4.69) is 4.74 Å². The average molecular weight is 251 g/mol. The first-order chi connectivity index (χ1) is 7.35. The Morgan fingerprint density at radius 2 is 2.12 bits per heavy atom. The van der Waals surface area contributed by atoms with Gasteiger partial charge in [-0.15, -0.1) is 0 Å². The third-order valence-electron chi connectivity index (χ3n) is 2.40. The summed E-state index contributed by atoms with van der Waals surface area (Å²) in [6, 6.07) is -0.196. The van der Waals surface area contributed by atoms with Gasteiger partial charge in [-0.05, 0) is 12.3 Å². The van der Waals surface area contributed by atoms with Crippen molar-refractivity contribution in [1.82, 2.24) is 9.03 Å². The average Bonchev–Trinajstić information content (AvgIpc) is 2.15. The fourth-order valence-corrected chi connectivity index (χ4v) is 3.02. The van der Waals surface area contributed by atoms with Crippen molar-refractivity contribution in [3.05, 3.63) is 0 Å². The number of amides is 1. The van der Waals surface area contributed by atoms with Crippen LogP contribution in [0.4, 0.5) is 4.79 Å². The number of nitrogens with zero attached hydrogens (tertiary/aromatic N) is 1. The lowest BCUT2D eigenvalue weighted by atomic mass is 9.99. The molecule has 1 aliphatic heterocycles. The summed E-state index contributed by atoms with van der Waals surface area (Å²) in [5.41, 5.74) is 5.73. The van der Waals surface area contributed by atoms with Crippen molar-refractivity contribution < 1.29 is 17.9 Å². The number of ether oxygens (including phenoxy) is 1. The van der Waals surface area contributed by atoms with E-state index < -0.39 is 16.3 Å². The third kappa shape index (κ3) is 3.32. The Morgan fingerprint density at radius 3 is 2.62 bits per heavy atom. The highest BCUT2D eigenvalue weighted by Crippen LogP contribution is 2.17. The largest absolute Gasteiger partial charge is 0.452 e. The summed E-state index contributed by atoms with van der Waals surface area (Å²) in [7, 11) is -2.73. The fourth-order valence-electron chi connectivity index (χ4n) is 1.76. The lowest BCUT2D eigenvalue weighted by Crippen LogP contribution is -2.53. The maximum Gasteiger partial charge on any atom is 0.421 e. The molecule has 3 N–H and O–H groups in total. The number of rotatable bonds is 2. The van der Waals surface area contributed by atoms with Crippen molar-refractivity contribution in [3.63, 3.8) is 0 Å². The van der Waals surface area contributed by atoms with Gasteiger partial charge >= 0.3 is 16.3 Å². The highest BCUT2D eigenvalue weighted by molar-refractivity contribution is 7.87. The van der Waals surface area contributed by atoms with Gasteiger partial charge in [-0.3, -0.25) is 0 Å². The molecule has 7 nitrogen and oxygen atoms in total. The van der Waals surface area contributed by atoms with E-state index in [1.165, 1.54) is 4.31 Å². The highest BCUT2D eigenvalue weighted by atomic mass is 32.2. The molecule has 2 atom stereocenters. The standard InChI is InChI=1S/C8H17N3O4S/c1-6-3-7(9)5-11(4-6)16(13,14)10-8(12)15-2/h6-7H,3-5,9H2,1-2H3,(H,10,12). The van der Waals surface area contributed by atoms with Crippen LogP contribution in [-0.4, -0.2) is 45.1 Å². The number of nitrogens with one attached hydrogen (secondary N) is 1. The van der Waals surface area contributed by atoms with Crippen LogP contribution in [0.1, 0.15) is 13.3 Å². The Hall–Kier alpha value is -0.860. The van der Waals surface area contributed by atoms with Crippen LogP contribution in [0.5, 0.6) is 0 Å². The lowest BCUT2D eigenvalue weighted by Gasteiger charge is -2.33. The molecule has 1 heterocycles. The van der Waals surface area contributed by atoms with E-state index in [4.69, 9.17) is 5.73 Å². The second-order valence-electron chi connectivity index (χ2n) is 4.02. The van der Waals surface area contributed by atoms with Gasteiger partial charge in [0.2, 0.25) is 0 Å². The molecule has 0 spiro atoms. The molecule has 0 saturated carbocycles. The summed E-state index contributed by atoms with van der Waals surface area (Å²) >= 11 is 0. The first-order valence-corrected chi connectivity index (χ1v) is 6.40. The molecule has 1 rings (SSSR count). The highest BCUT2D eigenvalue weighted by Gasteiger charge is 2.31. The van der Waals surface area contributed by atoms with Gasteiger partial charge in [0.25, 0.3) is 0 Å². The Kier molecular flexibility index (Phi) is 4.11. The Balaban J connectivity index is 2.71. The normalized spacial score (nSPS) is 27.4. The Labute approximate surface area is 95.1 Å². The lowest BCUT2D eigenvalue weighted by molar-refractivity contribution is 0.175. The maximum absolute atomic E-state index is 11.7. The molecular weight excluding hydrogens is 234 g/mol. The number of piperidine rings is 1. The van der Waals surface area contributed by atoms with E-state index in [1.807, 2.05) is 6.92 Å². The summed E-state index contributed by atoms with van der Waals surface area (Å²) in [6.07, 6.45) is -0.212.